The molecule has 2 heteroatoms. The fourth-order valence-corrected chi connectivity index (χ4v) is 11.7. The standard InChI is InChI=1S/C64H40N2/c1-2-17-43(18-3-1)58-39-46(40-59(65-58)45-20-16-21-47(37-45)66-60-31-14-9-25-51(60)52-26-10-15-32-61(52)66)41-33-35-42(36-34-41)54-38-44-19-4-5-22-48(44)63-62(54)53-27-8-13-30-57(53)64(63)55-28-11-6-23-49(55)50-24-7-12-29-56(50)64/h1-40H. The zero-order chi connectivity index (χ0) is 43.3. The molecule has 0 fully saturated rings. The van der Waals surface area contributed by atoms with Gasteiger partial charge in [0.25, 0.3) is 0 Å². The Labute approximate surface area is 383 Å². The minimum atomic E-state index is -0.436. The van der Waals surface area contributed by atoms with Gasteiger partial charge in [0.15, 0.2) is 0 Å². The first-order chi connectivity index (χ1) is 32.7. The van der Waals surface area contributed by atoms with Crippen molar-refractivity contribution in [1.29, 1.82) is 0 Å². The van der Waals surface area contributed by atoms with Gasteiger partial charge in [-0.1, -0.05) is 200 Å². The summed E-state index contributed by atoms with van der Waals surface area (Å²) in [6.07, 6.45) is 0. The van der Waals surface area contributed by atoms with E-state index in [2.05, 4.69) is 247 Å². The van der Waals surface area contributed by atoms with Crippen LogP contribution >= 0.6 is 0 Å². The minimum absolute atomic E-state index is 0.436. The molecule has 0 N–H and O–H groups in total. The number of pyridine rings is 1. The maximum absolute atomic E-state index is 5.36. The third kappa shape index (κ3) is 5.21. The van der Waals surface area contributed by atoms with E-state index in [0.717, 1.165) is 39.3 Å². The van der Waals surface area contributed by atoms with Crippen LogP contribution in [0, 0.1) is 0 Å². The summed E-state index contributed by atoms with van der Waals surface area (Å²) in [5, 5.41) is 5.05. The summed E-state index contributed by atoms with van der Waals surface area (Å²) in [6, 6.07) is 89.3. The number of hydrogen-bond donors (Lipinski definition) is 0. The van der Waals surface area contributed by atoms with E-state index in [0.29, 0.717) is 0 Å². The highest BCUT2D eigenvalue weighted by Gasteiger charge is 2.53. The maximum atomic E-state index is 5.36. The first-order valence-electron chi connectivity index (χ1n) is 22.9. The number of para-hydroxylation sites is 2. The number of aromatic nitrogens is 2. The largest absolute Gasteiger partial charge is 0.309 e. The van der Waals surface area contributed by atoms with E-state index in [1.165, 1.54) is 88.2 Å². The molecule has 0 aliphatic heterocycles. The Balaban J connectivity index is 0.938. The van der Waals surface area contributed by atoms with E-state index in [9.17, 15) is 0 Å². The molecule has 0 radical (unpaired) electrons. The molecule has 14 rings (SSSR count). The van der Waals surface area contributed by atoms with E-state index in [1.54, 1.807) is 0 Å². The zero-order valence-corrected chi connectivity index (χ0v) is 36.0. The number of fused-ring (bicyclic) bond motifs is 15. The van der Waals surface area contributed by atoms with E-state index in [1.807, 2.05) is 0 Å². The second-order valence-corrected chi connectivity index (χ2v) is 17.8. The predicted molar refractivity (Wildman–Crippen MR) is 274 cm³/mol. The minimum Gasteiger partial charge on any atom is -0.309 e. The highest BCUT2D eigenvalue weighted by atomic mass is 15.0. The van der Waals surface area contributed by atoms with E-state index >= 15 is 0 Å². The van der Waals surface area contributed by atoms with Crippen LogP contribution in [0.15, 0.2) is 243 Å². The lowest BCUT2D eigenvalue weighted by molar-refractivity contribution is 0.801. The molecule has 0 bridgehead atoms. The Morgan fingerprint density at radius 2 is 0.833 bits per heavy atom. The van der Waals surface area contributed by atoms with E-state index in [4.69, 9.17) is 4.98 Å². The lowest BCUT2D eigenvalue weighted by Crippen LogP contribution is -2.26. The molecule has 0 amide bonds. The normalized spacial score (nSPS) is 13.0. The second kappa shape index (κ2) is 14.2. The van der Waals surface area contributed by atoms with Crippen LogP contribution in [0.5, 0.6) is 0 Å². The average Bonchev–Trinajstić information content (AvgIpc) is 4.01. The molecular weight excluding hydrogens is 797 g/mol. The molecule has 12 aromatic rings. The van der Waals surface area contributed by atoms with Crippen molar-refractivity contribution in [3.63, 3.8) is 0 Å². The van der Waals surface area contributed by atoms with Gasteiger partial charge in [-0.05, 0) is 120 Å². The zero-order valence-electron chi connectivity index (χ0n) is 36.0. The van der Waals surface area contributed by atoms with Crippen molar-refractivity contribution in [2.75, 3.05) is 0 Å². The summed E-state index contributed by atoms with van der Waals surface area (Å²) in [5.41, 5.74) is 22.5. The van der Waals surface area contributed by atoms with Gasteiger partial charge in [0.2, 0.25) is 0 Å². The van der Waals surface area contributed by atoms with Crippen LogP contribution in [0.4, 0.5) is 0 Å². The molecule has 2 aliphatic rings. The highest BCUT2D eigenvalue weighted by molar-refractivity contribution is 6.10. The average molecular weight is 837 g/mol. The molecule has 10 aromatic carbocycles. The summed E-state index contributed by atoms with van der Waals surface area (Å²) in [6.45, 7) is 0. The van der Waals surface area contributed by atoms with Crippen LogP contribution in [0.2, 0.25) is 0 Å². The van der Waals surface area contributed by atoms with Crippen LogP contribution in [-0.2, 0) is 5.41 Å². The summed E-state index contributed by atoms with van der Waals surface area (Å²) < 4.78 is 2.38. The van der Waals surface area contributed by atoms with Crippen molar-refractivity contribution in [3.05, 3.63) is 265 Å². The quantitative estimate of drug-likeness (QED) is 0.169. The fraction of sp³-hybridized carbons (Fsp3) is 0.0156. The van der Waals surface area contributed by atoms with Crippen molar-refractivity contribution in [1.82, 2.24) is 9.55 Å². The van der Waals surface area contributed by atoms with Crippen LogP contribution in [0.1, 0.15) is 22.3 Å². The molecule has 0 unspecified atom stereocenters. The van der Waals surface area contributed by atoms with Gasteiger partial charge < -0.3 is 4.57 Å². The predicted octanol–water partition coefficient (Wildman–Crippen LogP) is 16.3. The van der Waals surface area contributed by atoms with Crippen LogP contribution in [-0.4, -0.2) is 9.55 Å². The molecule has 2 nitrogen and oxygen atoms in total. The molecule has 2 heterocycles. The molecule has 66 heavy (non-hydrogen) atoms. The number of nitrogens with zero attached hydrogens (tertiary/aromatic N) is 2. The van der Waals surface area contributed by atoms with Gasteiger partial charge in [-0.2, -0.15) is 0 Å². The first-order valence-corrected chi connectivity index (χ1v) is 22.9. The van der Waals surface area contributed by atoms with Crippen molar-refractivity contribution >= 4 is 32.6 Å². The van der Waals surface area contributed by atoms with Gasteiger partial charge in [0.05, 0.1) is 27.8 Å². The lowest BCUT2D eigenvalue weighted by Gasteiger charge is -2.31. The Hall–Kier alpha value is -8.59. The SMILES string of the molecule is c1ccc(-c2cc(-c3ccc(-c4cc5ccccc5c5c4-c4ccccc4C54c5ccccc5-c5ccccc54)cc3)cc(-c3cccc(-n4c5ccccc5c5ccccc54)c3)n2)cc1. The first kappa shape index (κ1) is 36.8. The molecular formula is C64H40N2. The Morgan fingerprint density at radius 1 is 0.318 bits per heavy atom. The summed E-state index contributed by atoms with van der Waals surface area (Å²) in [5.74, 6) is 0. The Kier molecular flexibility index (Phi) is 7.93. The fourth-order valence-electron chi connectivity index (χ4n) is 11.7. The van der Waals surface area contributed by atoms with Gasteiger partial charge in [-0.15, -0.1) is 0 Å². The van der Waals surface area contributed by atoms with Gasteiger partial charge in [-0.3, -0.25) is 0 Å². The third-order valence-electron chi connectivity index (χ3n) is 14.4. The number of benzene rings is 10. The van der Waals surface area contributed by atoms with Crippen molar-refractivity contribution in [2.24, 2.45) is 0 Å². The monoisotopic (exact) mass is 836 g/mol. The van der Waals surface area contributed by atoms with Gasteiger partial charge in [-0.25, -0.2) is 4.98 Å². The van der Waals surface area contributed by atoms with Crippen LogP contribution < -0.4 is 0 Å². The highest BCUT2D eigenvalue weighted by Crippen LogP contribution is 2.65. The van der Waals surface area contributed by atoms with Gasteiger partial charge in [0, 0.05) is 27.6 Å². The van der Waals surface area contributed by atoms with Crippen LogP contribution in [0.3, 0.4) is 0 Å². The van der Waals surface area contributed by atoms with Crippen molar-refractivity contribution in [3.8, 4) is 72.7 Å². The Morgan fingerprint density at radius 3 is 1.52 bits per heavy atom. The second-order valence-electron chi connectivity index (χ2n) is 17.8. The van der Waals surface area contributed by atoms with Gasteiger partial charge >= 0.3 is 0 Å². The van der Waals surface area contributed by atoms with E-state index < -0.39 is 5.41 Å². The Bertz CT molecular complexity index is 3830. The van der Waals surface area contributed by atoms with Crippen LogP contribution in [0.25, 0.3) is 105 Å². The summed E-state index contributed by atoms with van der Waals surface area (Å²) in [7, 11) is 0. The lowest BCUT2D eigenvalue weighted by atomic mass is 9.69. The molecule has 0 atom stereocenters. The number of hydrogen-bond acceptors (Lipinski definition) is 1. The summed E-state index contributed by atoms with van der Waals surface area (Å²) in [4.78, 5) is 5.36. The topological polar surface area (TPSA) is 17.8 Å². The third-order valence-corrected chi connectivity index (χ3v) is 14.4. The molecule has 2 aromatic heterocycles. The number of rotatable bonds is 5. The molecule has 306 valence electrons. The van der Waals surface area contributed by atoms with E-state index in [-0.39, 0.29) is 0 Å². The van der Waals surface area contributed by atoms with Crippen molar-refractivity contribution in [2.45, 2.75) is 5.41 Å². The molecule has 2 aliphatic carbocycles. The summed E-state index contributed by atoms with van der Waals surface area (Å²) >= 11 is 0. The van der Waals surface area contributed by atoms with Gasteiger partial charge in [0.1, 0.15) is 0 Å². The van der Waals surface area contributed by atoms with Crippen molar-refractivity contribution < 1.29 is 0 Å². The maximum Gasteiger partial charge on any atom is 0.0731 e. The molecule has 0 saturated carbocycles. The molecule has 1 spiro atoms. The smallest absolute Gasteiger partial charge is 0.0731 e. The molecule has 0 saturated heterocycles.